The topological polar surface area (TPSA) is 98.2 Å². The van der Waals surface area contributed by atoms with Gasteiger partial charge in [0.15, 0.2) is 0 Å². The molecule has 0 aliphatic rings. The zero-order valence-electron chi connectivity index (χ0n) is 11.7. The molecule has 0 heterocycles. The van der Waals surface area contributed by atoms with Crippen LogP contribution in [-0.4, -0.2) is 57.6 Å². The Morgan fingerprint density at radius 2 is 1.48 bits per heavy atom. The second-order valence-corrected chi connectivity index (χ2v) is 4.43. The minimum Gasteiger partial charge on any atom is -0.480 e. The van der Waals surface area contributed by atoms with Gasteiger partial charge in [-0.25, -0.2) is 4.79 Å². The van der Waals surface area contributed by atoms with E-state index in [0.29, 0.717) is 13.1 Å². The second kappa shape index (κ2) is 7.88. The number of aliphatic carboxylic acids is 2. The maximum absolute atomic E-state index is 12.3. The van der Waals surface area contributed by atoms with Gasteiger partial charge >= 0.3 is 18.0 Å². The second-order valence-electron chi connectivity index (χ2n) is 4.43. The zero-order chi connectivity index (χ0) is 15.8. The van der Waals surface area contributed by atoms with Crippen molar-refractivity contribution >= 4 is 18.0 Å². The van der Waals surface area contributed by atoms with Crippen LogP contribution in [0, 0.1) is 0 Å². The molecule has 0 bridgehead atoms. The lowest BCUT2D eigenvalue weighted by Gasteiger charge is -2.28. The molecule has 0 aliphatic carbocycles. The summed E-state index contributed by atoms with van der Waals surface area (Å²) in [4.78, 5) is 36.0. The highest BCUT2D eigenvalue weighted by Gasteiger charge is 2.24. The first kappa shape index (κ1) is 16.5. The first-order valence-electron chi connectivity index (χ1n) is 6.45. The van der Waals surface area contributed by atoms with Crippen LogP contribution in [0.15, 0.2) is 30.3 Å². The number of carbonyl (C=O) groups excluding carboxylic acids is 1. The maximum atomic E-state index is 12.3. The normalized spacial score (nSPS) is 9.95. The van der Waals surface area contributed by atoms with E-state index in [1.807, 2.05) is 30.3 Å². The first-order chi connectivity index (χ1) is 9.93. The zero-order valence-corrected chi connectivity index (χ0v) is 11.7. The van der Waals surface area contributed by atoms with Crippen LogP contribution in [0.5, 0.6) is 0 Å². The van der Waals surface area contributed by atoms with Gasteiger partial charge in [0.05, 0.1) is 0 Å². The molecular formula is C14H18N2O5. The van der Waals surface area contributed by atoms with Gasteiger partial charge in [-0.05, 0) is 12.5 Å². The van der Waals surface area contributed by atoms with Crippen LogP contribution in [-0.2, 0) is 16.1 Å². The lowest BCUT2D eigenvalue weighted by atomic mass is 10.2. The quantitative estimate of drug-likeness (QED) is 0.784. The summed E-state index contributed by atoms with van der Waals surface area (Å²) in [7, 11) is 0. The summed E-state index contributed by atoms with van der Waals surface area (Å²) in [5.41, 5.74) is 0.887. The third kappa shape index (κ3) is 5.52. The summed E-state index contributed by atoms with van der Waals surface area (Å²) in [6, 6.07) is 8.59. The Bertz CT molecular complexity index is 487. The van der Waals surface area contributed by atoms with Crippen molar-refractivity contribution in [1.29, 1.82) is 0 Å². The summed E-state index contributed by atoms with van der Waals surface area (Å²) in [5, 5.41) is 17.6. The van der Waals surface area contributed by atoms with Gasteiger partial charge in [-0.2, -0.15) is 0 Å². The minimum atomic E-state index is -1.25. The summed E-state index contributed by atoms with van der Waals surface area (Å²) >= 11 is 0. The van der Waals surface area contributed by atoms with E-state index in [2.05, 4.69) is 0 Å². The molecule has 0 saturated heterocycles. The third-order valence-corrected chi connectivity index (χ3v) is 2.79. The number of nitrogens with zero attached hydrogens (tertiary/aromatic N) is 2. The van der Waals surface area contributed by atoms with Crippen molar-refractivity contribution in [2.24, 2.45) is 0 Å². The Morgan fingerprint density at radius 1 is 0.952 bits per heavy atom. The Morgan fingerprint density at radius 3 is 1.90 bits per heavy atom. The molecular weight excluding hydrogens is 276 g/mol. The molecule has 2 amide bonds. The number of hydrogen-bond donors (Lipinski definition) is 2. The molecule has 1 aromatic rings. The van der Waals surface area contributed by atoms with Gasteiger partial charge in [0.2, 0.25) is 0 Å². The van der Waals surface area contributed by atoms with Crippen LogP contribution in [0.2, 0.25) is 0 Å². The Kier molecular flexibility index (Phi) is 6.19. The highest BCUT2D eigenvalue weighted by molar-refractivity contribution is 5.84. The van der Waals surface area contributed by atoms with Crippen molar-refractivity contribution in [3.8, 4) is 0 Å². The average molecular weight is 294 g/mol. The number of carbonyl (C=O) groups is 3. The van der Waals surface area contributed by atoms with Crippen LogP contribution in [0.25, 0.3) is 0 Å². The minimum absolute atomic E-state index is 0.298. The monoisotopic (exact) mass is 294 g/mol. The fourth-order valence-electron chi connectivity index (χ4n) is 1.84. The average Bonchev–Trinajstić information content (AvgIpc) is 2.43. The molecule has 0 spiro atoms. The van der Waals surface area contributed by atoms with E-state index in [9.17, 15) is 14.4 Å². The number of hydrogen-bond acceptors (Lipinski definition) is 3. The number of carboxylic acid groups (broad SMARTS) is 2. The van der Waals surface area contributed by atoms with Crippen molar-refractivity contribution in [2.75, 3.05) is 19.6 Å². The predicted molar refractivity (Wildman–Crippen MR) is 74.8 cm³/mol. The molecule has 0 aromatic heterocycles. The van der Waals surface area contributed by atoms with Gasteiger partial charge in [-0.3, -0.25) is 9.59 Å². The van der Waals surface area contributed by atoms with Gasteiger partial charge in [0.25, 0.3) is 0 Å². The number of urea groups is 1. The Hall–Kier alpha value is -2.57. The summed E-state index contributed by atoms with van der Waals surface area (Å²) in [6.45, 7) is 1.11. The van der Waals surface area contributed by atoms with Crippen molar-refractivity contribution < 1.29 is 24.6 Å². The molecule has 114 valence electrons. The first-order valence-corrected chi connectivity index (χ1v) is 6.45. The van der Waals surface area contributed by atoms with Crippen molar-refractivity contribution in [3.63, 3.8) is 0 Å². The van der Waals surface area contributed by atoms with Crippen LogP contribution < -0.4 is 0 Å². The predicted octanol–water partition coefficient (Wildman–Crippen LogP) is 1.10. The fourth-order valence-corrected chi connectivity index (χ4v) is 1.84. The molecule has 2 N–H and O–H groups in total. The molecule has 7 nitrogen and oxygen atoms in total. The van der Waals surface area contributed by atoms with Gasteiger partial charge < -0.3 is 20.0 Å². The van der Waals surface area contributed by atoms with Crippen LogP contribution in [0.3, 0.4) is 0 Å². The standard InChI is InChI=1S/C14H18N2O5/c1-2-15(8-11-6-4-3-5-7-11)14(21)16(9-12(17)18)10-13(19)20/h3-7H,2,8-10H2,1H3,(H,17,18)(H,19,20). The third-order valence-electron chi connectivity index (χ3n) is 2.79. The van der Waals surface area contributed by atoms with Crippen molar-refractivity contribution in [3.05, 3.63) is 35.9 Å². The summed E-state index contributed by atoms with van der Waals surface area (Å²) in [6.07, 6.45) is 0. The van der Waals surface area contributed by atoms with Crippen molar-refractivity contribution in [2.45, 2.75) is 13.5 Å². The van der Waals surface area contributed by atoms with E-state index >= 15 is 0 Å². The lowest BCUT2D eigenvalue weighted by molar-refractivity contribution is -0.140. The van der Waals surface area contributed by atoms with Crippen LogP contribution in [0.4, 0.5) is 4.79 Å². The van der Waals surface area contributed by atoms with E-state index in [0.717, 1.165) is 10.5 Å². The molecule has 1 aromatic carbocycles. The van der Waals surface area contributed by atoms with Gasteiger partial charge in [0, 0.05) is 13.1 Å². The molecule has 1 rings (SSSR count). The number of rotatable bonds is 7. The highest BCUT2D eigenvalue weighted by Crippen LogP contribution is 2.07. The molecule has 0 saturated carbocycles. The maximum Gasteiger partial charge on any atom is 0.323 e. The van der Waals surface area contributed by atoms with Crippen molar-refractivity contribution in [1.82, 2.24) is 9.80 Å². The van der Waals surface area contributed by atoms with Gasteiger partial charge in [-0.15, -0.1) is 0 Å². The lowest BCUT2D eigenvalue weighted by Crippen LogP contribution is -2.47. The Balaban J connectivity index is 2.82. The largest absolute Gasteiger partial charge is 0.480 e. The fraction of sp³-hybridized carbons (Fsp3) is 0.357. The molecule has 0 fully saturated rings. The number of carboxylic acids is 2. The molecule has 0 atom stereocenters. The Labute approximate surface area is 122 Å². The van der Waals surface area contributed by atoms with E-state index in [-0.39, 0.29) is 0 Å². The van der Waals surface area contributed by atoms with Crippen LogP contribution >= 0.6 is 0 Å². The smallest absolute Gasteiger partial charge is 0.323 e. The summed E-state index contributed by atoms with van der Waals surface area (Å²) in [5.74, 6) is -2.50. The van der Waals surface area contributed by atoms with E-state index in [4.69, 9.17) is 10.2 Å². The highest BCUT2D eigenvalue weighted by atomic mass is 16.4. The molecule has 21 heavy (non-hydrogen) atoms. The SMILES string of the molecule is CCN(Cc1ccccc1)C(=O)N(CC(=O)O)CC(=O)O. The molecule has 7 heteroatoms. The molecule has 0 unspecified atom stereocenters. The molecule has 0 aliphatic heterocycles. The molecule has 0 radical (unpaired) electrons. The van der Waals surface area contributed by atoms with Gasteiger partial charge in [-0.1, -0.05) is 30.3 Å². The van der Waals surface area contributed by atoms with E-state index in [1.165, 1.54) is 4.90 Å². The summed E-state index contributed by atoms with van der Waals surface area (Å²) < 4.78 is 0. The number of benzene rings is 1. The van der Waals surface area contributed by atoms with Crippen LogP contribution in [0.1, 0.15) is 12.5 Å². The van der Waals surface area contributed by atoms with Gasteiger partial charge in [0.1, 0.15) is 13.1 Å². The van der Waals surface area contributed by atoms with E-state index < -0.39 is 31.1 Å². The number of amides is 2. The van der Waals surface area contributed by atoms with E-state index in [1.54, 1.807) is 6.92 Å².